The van der Waals surface area contributed by atoms with Gasteiger partial charge in [-0.05, 0) is 32.5 Å². The highest BCUT2D eigenvalue weighted by Gasteiger charge is 2.03. The highest BCUT2D eigenvalue weighted by Crippen LogP contribution is 2.17. The van der Waals surface area contributed by atoms with E-state index < -0.39 is 0 Å². The summed E-state index contributed by atoms with van der Waals surface area (Å²) in [4.78, 5) is 2.14. The lowest BCUT2D eigenvalue weighted by atomic mass is 10.2. The van der Waals surface area contributed by atoms with E-state index >= 15 is 0 Å². The van der Waals surface area contributed by atoms with Gasteiger partial charge in [0.25, 0.3) is 0 Å². The number of phenolic OH excluding ortho intramolecular Hbond substituents is 1. The van der Waals surface area contributed by atoms with Gasteiger partial charge in [0.2, 0.25) is 0 Å². The SMILES string of the molecule is CN(CCCCO)Cc1ccccc1O. The molecule has 0 aromatic heterocycles. The summed E-state index contributed by atoms with van der Waals surface area (Å²) in [6.45, 7) is 1.94. The molecule has 1 aromatic carbocycles. The summed E-state index contributed by atoms with van der Waals surface area (Å²) < 4.78 is 0. The van der Waals surface area contributed by atoms with Gasteiger partial charge in [-0.25, -0.2) is 0 Å². The minimum absolute atomic E-state index is 0.254. The minimum atomic E-state index is 0.254. The molecule has 1 rings (SSSR count). The second kappa shape index (κ2) is 6.43. The number of nitrogens with zero attached hydrogens (tertiary/aromatic N) is 1. The van der Waals surface area contributed by atoms with E-state index in [1.807, 2.05) is 25.2 Å². The monoisotopic (exact) mass is 209 g/mol. The number of aliphatic hydroxyl groups is 1. The third-order valence-electron chi connectivity index (χ3n) is 2.38. The van der Waals surface area contributed by atoms with Crippen LogP contribution in [0, 0.1) is 0 Å². The van der Waals surface area contributed by atoms with E-state index in [-0.39, 0.29) is 6.61 Å². The molecule has 3 nitrogen and oxygen atoms in total. The standard InChI is InChI=1S/C12H19NO2/c1-13(8-4-5-9-14)10-11-6-2-3-7-12(11)15/h2-3,6-7,14-15H,4-5,8-10H2,1H3. The third-order valence-corrected chi connectivity index (χ3v) is 2.38. The predicted molar refractivity (Wildman–Crippen MR) is 60.8 cm³/mol. The summed E-state index contributed by atoms with van der Waals surface area (Å²) in [5.41, 5.74) is 0.948. The first kappa shape index (κ1) is 12.0. The molecular weight excluding hydrogens is 190 g/mol. The van der Waals surface area contributed by atoms with Crippen LogP contribution in [0.25, 0.3) is 0 Å². The molecule has 0 aliphatic heterocycles. The molecule has 15 heavy (non-hydrogen) atoms. The van der Waals surface area contributed by atoms with Gasteiger partial charge in [-0.3, -0.25) is 0 Å². The second-order valence-electron chi connectivity index (χ2n) is 3.80. The summed E-state index contributed by atoms with van der Waals surface area (Å²) in [5, 5.41) is 18.2. The summed E-state index contributed by atoms with van der Waals surface area (Å²) in [6.07, 6.45) is 1.83. The molecule has 0 atom stereocenters. The van der Waals surface area contributed by atoms with E-state index in [0.29, 0.717) is 5.75 Å². The first-order valence-electron chi connectivity index (χ1n) is 5.30. The van der Waals surface area contributed by atoms with Gasteiger partial charge in [-0.15, -0.1) is 0 Å². The Bertz CT molecular complexity index is 289. The van der Waals surface area contributed by atoms with Crippen LogP contribution in [-0.4, -0.2) is 35.3 Å². The van der Waals surface area contributed by atoms with Crippen molar-refractivity contribution >= 4 is 0 Å². The van der Waals surface area contributed by atoms with Crippen molar-refractivity contribution in [1.29, 1.82) is 0 Å². The quantitative estimate of drug-likeness (QED) is 0.699. The number of benzene rings is 1. The Morgan fingerprint density at radius 3 is 2.60 bits per heavy atom. The molecule has 0 spiro atoms. The van der Waals surface area contributed by atoms with E-state index in [0.717, 1.165) is 31.5 Å². The normalized spacial score (nSPS) is 10.9. The molecule has 0 saturated heterocycles. The molecule has 0 aliphatic rings. The van der Waals surface area contributed by atoms with E-state index in [9.17, 15) is 5.11 Å². The summed E-state index contributed by atoms with van der Waals surface area (Å²) in [7, 11) is 2.02. The first-order chi connectivity index (χ1) is 7.24. The molecule has 0 amide bonds. The molecule has 3 heteroatoms. The fraction of sp³-hybridized carbons (Fsp3) is 0.500. The third kappa shape index (κ3) is 4.32. The Balaban J connectivity index is 2.37. The number of unbranched alkanes of at least 4 members (excludes halogenated alkanes) is 1. The Morgan fingerprint density at radius 2 is 1.93 bits per heavy atom. The molecule has 84 valence electrons. The number of phenols is 1. The summed E-state index contributed by atoms with van der Waals surface area (Å²) in [5.74, 6) is 0.353. The maximum atomic E-state index is 9.56. The van der Waals surface area contributed by atoms with E-state index in [2.05, 4.69) is 4.90 Å². The topological polar surface area (TPSA) is 43.7 Å². The first-order valence-corrected chi connectivity index (χ1v) is 5.30. The Hall–Kier alpha value is -1.06. The van der Waals surface area contributed by atoms with Crippen molar-refractivity contribution < 1.29 is 10.2 Å². The Kier molecular flexibility index (Phi) is 5.15. The predicted octanol–water partition coefficient (Wildman–Crippen LogP) is 1.60. The number of hydrogen-bond donors (Lipinski definition) is 2. The lowest BCUT2D eigenvalue weighted by Crippen LogP contribution is -2.19. The van der Waals surface area contributed by atoms with Crippen molar-refractivity contribution in [2.45, 2.75) is 19.4 Å². The van der Waals surface area contributed by atoms with E-state index in [1.54, 1.807) is 6.07 Å². The number of rotatable bonds is 6. The lowest BCUT2D eigenvalue weighted by molar-refractivity contribution is 0.260. The van der Waals surface area contributed by atoms with Gasteiger partial charge in [0.15, 0.2) is 0 Å². The molecule has 0 saturated carbocycles. The van der Waals surface area contributed by atoms with Crippen LogP contribution in [-0.2, 0) is 6.54 Å². The fourth-order valence-electron chi connectivity index (χ4n) is 1.51. The molecule has 0 radical (unpaired) electrons. The fourth-order valence-corrected chi connectivity index (χ4v) is 1.51. The molecule has 0 heterocycles. The van der Waals surface area contributed by atoms with Crippen LogP contribution in [0.1, 0.15) is 18.4 Å². The van der Waals surface area contributed by atoms with Gasteiger partial charge >= 0.3 is 0 Å². The Morgan fingerprint density at radius 1 is 1.20 bits per heavy atom. The zero-order valence-electron chi connectivity index (χ0n) is 9.19. The molecule has 0 fully saturated rings. The van der Waals surface area contributed by atoms with Crippen LogP contribution >= 0.6 is 0 Å². The molecule has 2 N–H and O–H groups in total. The number of hydrogen-bond acceptors (Lipinski definition) is 3. The van der Waals surface area contributed by atoms with Gasteiger partial charge in [-0.2, -0.15) is 0 Å². The van der Waals surface area contributed by atoms with Crippen LogP contribution < -0.4 is 0 Å². The lowest BCUT2D eigenvalue weighted by Gasteiger charge is -2.16. The van der Waals surface area contributed by atoms with Crippen LogP contribution in [0.4, 0.5) is 0 Å². The molecule has 0 unspecified atom stereocenters. The van der Waals surface area contributed by atoms with Gasteiger partial charge in [0.05, 0.1) is 0 Å². The van der Waals surface area contributed by atoms with Crippen LogP contribution in [0.2, 0.25) is 0 Å². The van der Waals surface area contributed by atoms with Crippen molar-refractivity contribution in [1.82, 2.24) is 4.90 Å². The molecule has 0 bridgehead atoms. The average Bonchev–Trinajstić information content (AvgIpc) is 2.22. The maximum absolute atomic E-state index is 9.56. The highest BCUT2D eigenvalue weighted by atomic mass is 16.3. The van der Waals surface area contributed by atoms with E-state index in [1.165, 1.54) is 0 Å². The van der Waals surface area contributed by atoms with Gasteiger partial charge in [0, 0.05) is 18.7 Å². The summed E-state index contributed by atoms with van der Waals surface area (Å²) >= 11 is 0. The van der Waals surface area contributed by atoms with Crippen molar-refractivity contribution in [3.05, 3.63) is 29.8 Å². The molecule has 1 aromatic rings. The average molecular weight is 209 g/mol. The minimum Gasteiger partial charge on any atom is -0.508 e. The number of aromatic hydroxyl groups is 1. The number of aliphatic hydroxyl groups excluding tert-OH is 1. The highest BCUT2D eigenvalue weighted by molar-refractivity contribution is 5.31. The van der Waals surface area contributed by atoms with Crippen molar-refractivity contribution in [3.8, 4) is 5.75 Å². The second-order valence-corrected chi connectivity index (χ2v) is 3.80. The maximum Gasteiger partial charge on any atom is 0.120 e. The van der Waals surface area contributed by atoms with Crippen LogP contribution in [0.5, 0.6) is 5.75 Å². The van der Waals surface area contributed by atoms with Crippen molar-refractivity contribution in [2.75, 3.05) is 20.2 Å². The van der Waals surface area contributed by atoms with Crippen molar-refractivity contribution in [3.63, 3.8) is 0 Å². The largest absolute Gasteiger partial charge is 0.508 e. The van der Waals surface area contributed by atoms with Crippen molar-refractivity contribution in [2.24, 2.45) is 0 Å². The van der Waals surface area contributed by atoms with Gasteiger partial charge in [-0.1, -0.05) is 18.2 Å². The van der Waals surface area contributed by atoms with Crippen LogP contribution in [0.3, 0.4) is 0 Å². The summed E-state index contributed by atoms with van der Waals surface area (Å²) in [6, 6.07) is 7.38. The van der Waals surface area contributed by atoms with Crippen LogP contribution in [0.15, 0.2) is 24.3 Å². The zero-order chi connectivity index (χ0) is 11.1. The number of para-hydroxylation sites is 1. The van der Waals surface area contributed by atoms with Gasteiger partial charge in [0.1, 0.15) is 5.75 Å². The van der Waals surface area contributed by atoms with E-state index in [4.69, 9.17) is 5.11 Å². The zero-order valence-corrected chi connectivity index (χ0v) is 9.19. The Labute approximate surface area is 91.0 Å². The molecular formula is C12H19NO2. The smallest absolute Gasteiger partial charge is 0.120 e. The van der Waals surface area contributed by atoms with Gasteiger partial charge < -0.3 is 15.1 Å². The molecule has 0 aliphatic carbocycles.